The molecule has 0 spiro atoms. The third-order valence-corrected chi connectivity index (χ3v) is 4.28. The molecule has 8 nitrogen and oxygen atoms in total. The monoisotopic (exact) mass is 397 g/mol. The maximum atomic E-state index is 14.4. The summed E-state index contributed by atoms with van der Waals surface area (Å²) >= 11 is 0. The smallest absolute Gasteiger partial charge is 0.332 e. The number of fused-ring (bicyclic) bond motifs is 1. The number of primary amides is 1. The number of halogens is 2. The molecule has 0 unspecified atom stereocenters. The number of benzene rings is 2. The summed E-state index contributed by atoms with van der Waals surface area (Å²) in [6.07, 6.45) is 0. The van der Waals surface area contributed by atoms with Crippen LogP contribution in [0.1, 0.15) is 10.5 Å². The van der Waals surface area contributed by atoms with Crippen molar-refractivity contribution in [1.29, 1.82) is 0 Å². The molecule has 0 fully saturated rings. The highest BCUT2D eigenvalue weighted by Crippen LogP contribution is 2.29. The Kier molecular flexibility index (Phi) is 4.30. The number of nitrogens with two attached hydrogens (primary N) is 1. The summed E-state index contributed by atoms with van der Waals surface area (Å²) in [5, 5.41) is 0. The number of methoxy groups -OCH3 is 1. The van der Waals surface area contributed by atoms with Crippen molar-refractivity contribution in [3.8, 4) is 22.8 Å². The fourth-order valence-corrected chi connectivity index (χ4v) is 3.02. The number of imidazole rings is 1. The number of aromatic amines is 1. The van der Waals surface area contributed by atoms with Gasteiger partial charge in [-0.15, -0.1) is 0 Å². The number of hydrogen-bond acceptors (Lipinski definition) is 5. The fourth-order valence-electron chi connectivity index (χ4n) is 3.02. The van der Waals surface area contributed by atoms with Crippen LogP contribution in [0.4, 0.5) is 8.78 Å². The van der Waals surface area contributed by atoms with Gasteiger partial charge < -0.3 is 15.5 Å². The second-order valence-corrected chi connectivity index (χ2v) is 5.99. The minimum Gasteiger partial charge on any atom is -0.496 e. The van der Waals surface area contributed by atoms with E-state index in [0.29, 0.717) is 15.9 Å². The first-order chi connectivity index (χ1) is 13.9. The lowest BCUT2D eigenvalue weighted by Gasteiger charge is -2.10. The third-order valence-electron chi connectivity index (χ3n) is 4.28. The van der Waals surface area contributed by atoms with Gasteiger partial charge in [-0.3, -0.25) is 4.79 Å². The number of hydrogen-bond donors (Lipinski definition) is 2. The van der Waals surface area contributed by atoms with E-state index >= 15 is 0 Å². The molecular formula is C19H13F2N5O3. The fraction of sp³-hybridized carbons (Fsp3) is 0.0526. The minimum atomic E-state index is -0.980. The number of nitrogens with zero attached hydrogens (tertiary/aromatic N) is 3. The number of para-hydroxylation sites is 2. The number of nitrogens with one attached hydrogen (secondary N) is 1. The maximum Gasteiger partial charge on any atom is 0.332 e. The Morgan fingerprint density at radius 1 is 1.10 bits per heavy atom. The van der Waals surface area contributed by atoms with Crippen LogP contribution in [0.15, 0.2) is 47.3 Å². The van der Waals surface area contributed by atoms with E-state index in [1.807, 2.05) is 0 Å². The first-order valence-corrected chi connectivity index (χ1v) is 8.32. The highest BCUT2D eigenvalue weighted by molar-refractivity contribution is 6.02. The average molecular weight is 397 g/mol. The molecule has 0 radical (unpaired) electrons. The van der Waals surface area contributed by atoms with Gasteiger partial charge in [0.1, 0.15) is 28.6 Å². The number of rotatable bonds is 4. The summed E-state index contributed by atoms with van der Waals surface area (Å²) in [6, 6.07) is 9.85. The molecule has 0 saturated heterocycles. The van der Waals surface area contributed by atoms with Crippen LogP contribution in [0.3, 0.4) is 0 Å². The summed E-state index contributed by atoms with van der Waals surface area (Å²) in [5.41, 5.74) is 3.63. The van der Waals surface area contributed by atoms with Crippen LogP contribution >= 0.6 is 0 Å². The molecule has 4 rings (SSSR count). The summed E-state index contributed by atoms with van der Waals surface area (Å²) < 4.78 is 34.7. The quantitative estimate of drug-likeness (QED) is 0.547. The number of aromatic nitrogens is 4. The standard InChI is InChI=1S/C19H13F2N5O3/c1-29-12-8-3-2-5-9(12)17-23-13(16(22)27)14-18(25-17)26(19(28)24-14)15-10(20)6-4-7-11(15)21/h2-8H,1H3,(H2,22,27)(H,24,28). The van der Waals surface area contributed by atoms with E-state index in [-0.39, 0.29) is 22.7 Å². The molecule has 2 heterocycles. The van der Waals surface area contributed by atoms with E-state index in [0.717, 1.165) is 18.2 Å². The Bertz CT molecular complexity index is 1310. The van der Waals surface area contributed by atoms with Gasteiger partial charge in [0, 0.05) is 0 Å². The maximum absolute atomic E-state index is 14.4. The second kappa shape index (κ2) is 6.82. The molecule has 0 bridgehead atoms. The molecule has 0 atom stereocenters. The molecule has 29 heavy (non-hydrogen) atoms. The van der Waals surface area contributed by atoms with Crippen molar-refractivity contribution in [3.05, 3.63) is 70.3 Å². The Morgan fingerprint density at radius 2 is 1.79 bits per heavy atom. The summed E-state index contributed by atoms with van der Waals surface area (Å²) in [5.74, 6) is -2.52. The molecule has 1 amide bonds. The summed E-state index contributed by atoms with van der Waals surface area (Å²) in [7, 11) is 1.44. The lowest BCUT2D eigenvalue weighted by atomic mass is 10.2. The topological polar surface area (TPSA) is 116 Å². The van der Waals surface area contributed by atoms with Gasteiger partial charge in [-0.25, -0.2) is 28.1 Å². The lowest BCUT2D eigenvalue weighted by molar-refractivity contribution is 0.0997. The van der Waals surface area contributed by atoms with Crippen molar-refractivity contribution < 1.29 is 18.3 Å². The molecule has 3 N–H and O–H groups in total. The van der Waals surface area contributed by atoms with E-state index in [9.17, 15) is 18.4 Å². The molecular weight excluding hydrogens is 384 g/mol. The van der Waals surface area contributed by atoms with Crippen LogP contribution in [0, 0.1) is 11.6 Å². The van der Waals surface area contributed by atoms with Crippen molar-refractivity contribution in [2.45, 2.75) is 0 Å². The van der Waals surface area contributed by atoms with Crippen molar-refractivity contribution in [2.75, 3.05) is 7.11 Å². The lowest BCUT2D eigenvalue weighted by Crippen LogP contribution is -2.18. The number of ether oxygens (including phenoxy) is 1. The van der Waals surface area contributed by atoms with Gasteiger partial charge in [0.2, 0.25) is 0 Å². The van der Waals surface area contributed by atoms with Crippen LogP contribution in [0.2, 0.25) is 0 Å². The van der Waals surface area contributed by atoms with Crippen molar-refractivity contribution in [3.63, 3.8) is 0 Å². The van der Waals surface area contributed by atoms with Gasteiger partial charge >= 0.3 is 5.69 Å². The molecule has 146 valence electrons. The van der Waals surface area contributed by atoms with Crippen LogP contribution in [0.5, 0.6) is 5.75 Å². The van der Waals surface area contributed by atoms with Crippen LogP contribution in [-0.2, 0) is 0 Å². The van der Waals surface area contributed by atoms with Gasteiger partial charge in [-0.1, -0.05) is 18.2 Å². The zero-order chi connectivity index (χ0) is 20.7. The summed E-state index contributed by atoms with van der Waals surface area (Å²) in [4.78, 5) is 35.2. The largest absolute Gasteiger partial charge is 0.496 e. The van der Waals surface area contributed by atoms with Crippen molar-refractivity contribution in [1.82, 2.24) is 19.5 Å². The molecule has 0 aliphatic carbocycles. The minimum absolute atomic E-state index is 0.00625. The highest BCUT2D eigenvalue weighted by Gasteiger charge is 2.24. The van der Waals surface area contributed by atoms with Gasteiger partial charge in [0.15, 0.2) is 17.2 Å². The third kappa shape index (κ3) is 2.90. The number of carbonyl (C=O) groups is 1. The molecule has 2 aromatic heterocycles. The molecule has 0 saturated carbocycles. The van der Waals surface area contributed by atoms with Crippen LogP contribution < -0.4 is 16.2 Å². The molecule has 10 heteroatoms. The Morgan fingerprint density at radius 3 is 2.45 bits per heavy atom. The first kappa shape index (κ1) is 18.3. The van der Waals surface area contributed by atoms with Gasteiger partial charge in [0.05, 0.1) is 12.7 Å². The van der Waals surface area contributed by atoms with Crippen LogP contribution in [0.25, 0.3) is 28.2 Å². The first-order valence-electron chi connectivity index (χ1n) is 8.32. The van der Waals surface area contributed by atoms with E-state index < -0.39 is 28.9 Å². The zero-order valence-corrected chi connectivity index (χ0v) is 14.9. The van der Waals surface area contributed by atoms with Crippen LogP contribution in [-0.4, -0.2) is 32.5 Å². The predicted octanol–water partition coefficient (Wildman–Crippen LogP) is 2.16. The van der Waals surface area contributed by atoms with Crippen molar-refractivity contribution in [2.24, 2.45) is 5.73 Å². The number of carbonyl (C=O) groups excluding carboxylic acids is 1. The van der Waals surface area contributed by atoms with Crippen molar-refractivity contribution >= 4 is 17.1 Å². The van der Waals surface area contributed by atoms with E-state index in [4.69, 9.17) is 10.5 Å². The predicted molar refractivity (Wildman–Crippen MR) is 99.9 cm³/mol. The second-order valence-electron chi connectivity index (χ2n) is 5.99. The Labute approximate surface area is 161 Å². The van der Waals surface area contributed by atoms with Gasteiger partial charge in [-0.05, 0) is 24.3 Å². The Hall–Kier alpha value is -4.08. The van der Waals surface area contributed by atoms with E-state index in [1.165, 1.54) is 7.11 Å². The highest BCUT2D eigenvalue weighted by atomic mass is 19.1. The van der Waals surface area contributed by atoms with E-state index in [2.05, 4.69) is 15.0 Å². The normalized spacial score (nSPS) is 11.0. The van der Waals surface area contributed by atoms with Gasteiger partial charge in [0.25, 0.3) is 5.91 Å². The zero-order valence-electron chi connectivity index (χ0n) is 14.9. The number of amides is 1. The summed E-state index contributed by atoms with van der Waals surface area (Å²) in [6.45, 7) is 0. The van der Waals surface area contributed by atoms with Gasteiger partial charge in [-0.2, -0.15) is 0 Å². The number of H-pyrrole nitrogens is 1. The van der Waals surface area contributed by atoms with E-state index in [1.54, 1.807) is 24.3 Å². The SMILES string of the molecule is COc1ccccc1-c1nc(C(N)=O)c2[nH]c(=O)n(-c3c(F)cccc3F)c2n1. The molecule has 0 aliphatic heterocycles. The average Bonchev–Trinajstić information content (AvgIpc) is 3.02. The Balaban J connectivity index is 2.13. The molecule has 2 aromatic carbocycles. The molecule has 4 aromatic rings. The molecule has 0 aliphatic rings.